The summed E-state index contributed by atoms with van der Waals surface area (Å²) < 4.78 is 58.4. The quantitative estimate of drug-likeness (QED) is 0.226. The average molecular weight is 500 g/mol. The van der Waals surface area contributed by atoms with Crippen LogP contribution in [0.25, 0.3) is 0 Å². The lowest BCUT2D eigenvalue weighted by Gasteiger charge is -2.17. The number of hydrogen-bond donors (Lipinski definition) is 0. The third kappa shape index (κ3) is 8.25. The highest BCUT2D eigenvalue weighted by atomic mass is 31.2. The molecular weight excluding hydrogens is 466 g/mol. The maximum absolute atomic E-state index is 12.8. The Morgan fingerprint density at radius 2 is 0.848 bits per heavy atom. The summed E-state index contributed by atoms with van der Waals surface area (Å²) in [6, 6.07) is 13.8. The smallest absolute Gasteiger partial charge is 0.361 e. The third-order valence-corrected chi connectivity index (χ3v) is 8.58. The standard InChI is InChI=1S/C23H34O8P2/c1-5-28-32(24,29-6-2)22-14-10-20(11-15-22)26-18-9-19-27-21-12-16-23(17-13-21)33(25,30-7-3)31-8-4/h10-17H,5-9,18-19H2,1-4H3. The summed E-state index contributed by atoms with van der Waals surface area (Å²) in [5, 5.41) is 1.01. The minimum absolute atomic E-state index is 0.302. The van der Waals surface area contributed by atoms with E-state index >= 15 is 0 Å². The lowest BCUT2D eigenvalue weighted by molar-refractivity contribution is 0.229. The van der Waals surface area contributed by atoms with Crippen molar-refractivity contribution in [1.82, 2.24) is 0 Å². The van der Waals surface area contributed by atoms with Gasteiger partial charge in [-0.05, 0) is 76.2 Å². The van der Waals surface area contributed by atoms with E-state index in [1.54, 1.807) is 76.2 Å². The molecule has 2 rings (SSSR count). The normalized spacial score (nSPS) is 12.0. The van der Waals surface area contributed by atoms with E-state index in [0.29, 0.717) is 68.2 Å². The van der Waals surface area contributed by atoms with Crippen LogP contribution in [0.15, 0.2) is 48.5 Å². The molecule has 0 bridgehead atoms. The molecule has 0 aliphatic heterocycles. The first-order valence-corrected chi connectivity index (χ1v) is 14.2. The highest BCUT2D eigenvalue weighted by Crippen LogP contribution is 2.47. The van der Waals surface area contributed by atoms with Gasteiger partial charge in [0.2, 0.25) is 0 Å². The topological polar surface area (TPSA) is 89.5 Å². The minimum atomic E-state index is -3.29. The van der Waals surface area contributed by atoms with E-state index in [4.69, 9.17) is 27.6 Å². The lowest BCUT2D eigenvalue weighted by atomic mass is 10.3. The van der Waals surface area contributed by atoms with Crippen LogP contribution < -0.4 is 20.1 Å². The fraction of sp³-hybridized carbons (Fsp3) is 0.478. The predicted molar refractivity (Wildman–Crippen MR) is 129 cm³/mol. The maximum Gasteiger partial charge on any atom is 0.361 e. The molecule has 0 spiro atoms. The summed E-state index contributed by atoms with van der Waals surface area (Å²) in [7, 11) is -6.59. The van der Waals surface area contributed by atoms with Crippen molar-refractivity contribution in [1.29, 1.82) is 0 Å². The second-order valence-corrected chi connectivity index (χ2v) is 10.8. The molecule has 0 saturated carbocycles. The van der Waals surface area contributed by atoms with Gasteiger partial charge in [-0.1, -0.05) is 0 Å². The second-order valence-electron chi connectivity index (χ2n) is 6.70. The largest absolute Gasteiger partial charge is 0.493 e. The SMILES string of the molecule is CCOP(=O)(OCC)c1ccc(OCCCOc2ccc(P(=O)(OCC)OCC)cc2)cc1. The fourth-order valence-electron chi connectivity index (χ4n) is 2.94. The van der Waals surface area contributed by atoms with Crippen LogP contribution in [0.5, 0.6) is 11.5 Å². The minimum Gasteiger partial charge on any atom is -0.493 e. The number of rotatable bonds is 16. The van der Waals surface area contributed by atoms with Crippen molar-refractivity contribution in [2.75, 3.05) is 39.6 Å². The van der Waals surface area contributed by atoms with Crippen molar-refractivity contribution in [2.24, 2.45) is 0 Å². The van der Waals surface area contributed by atoms with Crippen molar-refractivity contribution in [2.45, 2.75) is 34.1 Å². The summed E-state index contributed by atoms with van der Waals surface area (Å²) >= 11 is 0. The van der Waals surface area contributed by atoms with E-state index < -0.39 is 15.2 Å². The molecule has 0 atom stereocenters. The molecule has 0 aliphatic rings. The summed E-state index contributed by atoms with van der Waals surface area (Å²) in [6.07, 6.45) is 0.663. The number of ether oxygens (including phenoxy) is 2. The maximum atomic E-state index is 12.8. The Morgan fingerprint density at radius 3 is 1.12 bits per heavy atom. The molecule has 184 valence electrons. The molecule has 10 heteroatoms. The van der Waals surface area contributed by atoms with Gasteiger partial charge in [-0.15, -0.1) is 0 Å². The second kappa shape index (κ2) is 13.9. The van der Waals surface area contributed by atoms with Crippen LogP contribution in [0, 0.1) is 0 Å². The molecule has 0 unspecified atom stereocenters. The Kier molecular flexibility index (Phi) is 11.6. The van der Waals surface area contributed by atoms with E-state index in [2.05, 4.69) is 0 Å². The number of hydrogen-bond acceptors (Lipinski definition) is 8. The summed E-state index contributed by atoms with van der Waals surface area (Å²) in [5.41, 5.74) is 0. The van der Waals surface area contributed by atoms with Gasteiger partial charge in [-0.3, -0.25) is 9.13 Å². The Hall–Kier alpha value is -1.66. The van der Waals surface area contributed by atoms with Crippen molar-refractivity contribution >= 4 is 25.8 Å². The van der Waals surface area contributed by atoms with Crippen molar-refractivity contribution < 1.29 is 36.7 Å². The molecule has 8 nitrogen and oxygen atoms in total. The van der Waals surface area contributed by atoms with Gasteiger partial charge < -0.3 is 27.6 Å². The van der Waals surface area contributed by atoms with E-state index in [9.17, 15) is 9.13 Å². The molecule has 0 aromatic heterocycles. The van der Waals surface area contributed by atoms with Crippen LogP contribution in [0.3, 0.4) is 0 Å². The van der Waals surface area contributed by atoms with Crippen LogP contribution >= 0.6 is 15.2 Å². The molecule has 0 saturated heterocycles. The van der Waals surface area contributed by atoms with Gasteiger partial charge in [0.1, 0.15) is 11.5 Å². The van der Waals surface area contributed by atoms with Gasteiger partial charge in [0, 0.05) is 6.42 Å². The van der Waals surface area contributed by atoms with Gasteiger partial charge in [-0.2, -0.15) is 0 Å². The highest BCUT2D eigenvalue weighted by Gasteiger charge is 2.27. The van der Waals surface area contributed by atoms with Crippen molar-refractivity contribution in [3.8, 4) is 11.5 Å². The highest BCUT2D eigenvalue weighted by molar-refractivity contribution is 7.62. The molecule has 0 N–H and O–H groups in total. The fourth-order valence-corrected chi connectivity index (χ4v) is 6.07. The van der Waals surface area contributed by atoms with Gasteiger partial charge in [0.15, 0.2) is 0 Å². The number of benzene rings is 2. The molecule has 0 radical (unpaired) electrons. The van der Waals surface area contributed by atoms with Crippen LogP contribution in [0.4, 0.5) is 0 Å². The zero-order valence-corrected chi connectivity index (χ0v) is 21.5. The third-order valence-electron chi connectivity index (χ3n) is 4.33. The first-order valence-electron chi connectivity index (χ1n) is 11.2. The summed E-state index contributed by atoms with van der Waals surface area (Å²) in [6.45, 7) is 9.23. The molecule has 0 heterocycles. The Labute approximate surface area is 196 Å². The monoisotopic (exact) mass is 500 g/mol. The van der Waals surface area contributed by atoms with Crippen LogP contribution in [-0.2, 0) is 27.2 Å². The first kappa shape index (κ1) is 27.6. The van der Waals surface area contributed by atoms with E-state index in [-0.39, 0.29) is 0 Å². The van der Waals surface area contributed by atoms with E-state index in [1.165, 1.54) is 0 Å². The van der Waals surface area contributed by atoms with Gasteiger partial charge in [0.05, 0.1) is 50.3 Å². The zero-order valence-electron chi connectivity index (χ0n) is 19.7. The van der Waals surface area contributed by atoms with Gasteiger partial charge in [0.25, 0.3) is 0 Å². The molecule has 0 fully saturated rings. The van der Waals surface area contributed by atoms with Gasteiger partial charge >= 0.3 is 15.2 Å². The van der Waals surface area contributed by atoms with Crippen LogP contribution in [-0.4, -0.2) is 39.6 Å². The van der Waals surface area contributed by atoms with Crippen LogP contribution in [0.1, 0.15) is 34.1 Å². The Bertz CT molecular complexity index is 820. The molecule has 2 aromatic rings. The zero-order chi connectivity index (χ0) is 24.2. The first-order chi connectivity index (χ1) is 15.9. The molecule has 0 aliphatic carbocycles. The lowest BCUT2D eigenvalue weighted by Crippen LogP contribution is -2.11. The van der Waals surface area contributed by atoms with E-state index in [0.717, 1.165) is 0 Å². The van der Waals surface area contributed by atoms with Crippen LogP contribution in [0.2, 0.25) is 0 Å². The Morgan fingerprint density at radius 1 is 0.545 bits per heavy atom. The molecule has 33 heavy (non-hydrogen) atoms. The van der Waals surface area contributed by atoms with Gasteiger partial charge in [-0.25, -0.2) is 0 Å². The molecule has 2 aromatic carbocycles. The molecular formula is C23H34O8P2. The molecule has 0 amide bonds. The van der Waals surface area contributed by atoms with E-state index in [1.807, 2.05) is 0 Å². The summed E-state index contributed by atoms with van der Waals surface area (Å²) in [5.74, 6) is 1.32. The Balaban J connectivity index is 1.80. The average Bonchev–Trinajstić information content (AvgIpc) is 2.80. The predicted octanol–water partition coefficient (Wildman–Crippen LogP) is 5.32. The van der Waals surface area contributed by atoms with Crippen molar-refractivity contribution in [3.63, 3.8) is 0 Å². The summed E-state index contributed by atoms with van der Waals surface area (Å²) in [4.78, 5) is 0. The van der Waals surface area contributed by atoms with Crippen molar-refractivity contribution in [3.05, 3.63) is 48.5 Å².